The van der Waals surface area contributed by atoms with Crippen molar-refractivity contribution in [2.45, 2.75) is 24.0 Å². The zero-order valence-corrected chi connectivity index (χ0v) is 20.2. The SMILES string of the molecule is COc1ccc2ncc(=O)n(CCC(=O)NCC3CN(c4ccc5c(c4)NC(=O)CS5)C(=O)O3)c2c1. The lowest BCUT2D eigenvalue weighted by Gasteiger charge is -2.20. The molecule has 1 aromatic heterocycles. The van der Waals surface area contributed by atoms with Crippen LogP contribution in [0.25, 0.3) is 11.0 Å². The molecule has 3 heterocycles. The number of carbonyl (C=O) groups is 3. The van der Waals surface area contributed by atoms with Crippen LogP contribution in [-0.2, 0) is 20.9 Å². The highest BCUT2D eigenvalue weighted by molar-refractivity contribution is 8.00. The minimum atomic E-state index is -0.532. The van der Waals surface area contributed by atoms with Crippen LogP contribution in [0.1, 0.15) is 6.42 Å². The van der Waals surface area contributed by atoms with Gasteiger partial charge in [-0.05, 0) is 30.3 Å². The molecule has 1 saturated heterocycles. The van der Waals surface area contributed by atoms with Gasteiger partial charge in [0, 0.05) is 29.6 Å². The van der Waals surface area contributed by atoms with Crippen molar-refractivity contribution in [2.75, 3.05) is 36.2 Å². The van der Waals surface area contributed by atoms with Crippen LogP contribution >= 0.6 is 11.8 Å². The molecular weight excluding hydrogens is 486 g/mol. The van der Waals surface area contributed by atoms with Crippen LogP contribution < -0.4 is 25.8 Å². The first-order valence-electron chi connectivity index (χ1n) is 11.3. The first kappa shape index (κ1) is 23.7. The molecular formula is C24H23N5O6S. The summed E-state index contributed by atoms with van der Waals surface area (Å²) in [4.78, 5) is 55.5. The molecule has 12 heteroatoms. The molecule has 0 bridgehead atoms. The molecule has 1 fully saturated rings. The van der Waals surface area contributed by atoms with E-state index in [1.807, 2.05) is 6.07 Å². The summed E-state index contributed by atoms with van der Waals surface area (Å²) in [6, 6.07) is 10.6. The molecule has 1 atom stereocenters. The van der Waals surface area contributed by atoms with Crippen LogP contribution in [-0.4, -0.2) is 59.5 Å². The second kappa shape index (κ2) is 9.90. The number of rotatable bonds is 7. The van der Waals surface area contributed by atoms with E-state index < -0.39 is 12.2 Å². The number of nitrogens with one attached hydrogen (secondary N) is 2. The van der Waals surface area contributed by atoms with E-state index in [1.54, 1.807) is 30.3 Å². The smallest absolute Gasteiger partial charge is 0.414 e. The lowest BCUT2D eigenvalue weighted by atomic mass is 10.2. The quantitative estimate of drug-likeness (QED) is 0.494. The highest BCUT2D eigenvalue weighted by atomic mass is 32.2. The molecule has 186 valence electrons. The van der Waals surface area contributed by atoms with Gasteiger partial charge >= 0.3 is 6.09 Å². The maximum atomic E-state index is 12.5. The molecule has 0 radical (unpaired) electrons. The molecule has 2 aliphatic heterocycles. The molecule has 36 heavy (non-hydrogen) atoms. The average molecular weight is 510 g/mol. The minimum absolute atomic E-state index is 0.0583. The number of hydrogen-bond donors (Lipinski definition) is 2. The van der Waals surface area contributed by atoms with Gasteiger partial charge < -0.3 is 24.7 Å². The van der Waals surface area contributed by atoms with E-state index in [0.29, 0.717) is 33.9 Å². The molecule has 3 aromatic rings. The van der Waals surface area contributed by atoms with Gasteiger partial charge in [-0.1, -0.05) is 0 Å². The summed E-state index contributed by atoms with van der Waals surface area (Å²) < 4.78 is 12.1. The van der Waals surface area contributed by atoms with Crippen LogP contribution in [0.4, 0.5) is 16.2 Å². The molecule has 11 nitrogen and oxygen atoms in total. The second-order valence-electron chi connectivity index (χ2n) is 8.29. The van der Waals surface area contributed by atoms with Crippen LogP contribution in [0.3, 0.4) is 0 Å². The van der Waals surface area contributed by atoms with Gasteiger partial charge in [0.05, 0.1) is 48.9 Å². The van der Waals surface area contributed by atoms with Gasteiger partial charge in [0.2, 0.25) is 11.8 Å². The molecule has 0 spiro atoms. The van der Waals surface area contributed by atoms with Crippen LogP contribution in [0.2, 0.25) is 0 Å². The molecule has 0 aliphatic carbocycles. The minimum Gasteiger partial charge on any atom is -0.497 e. The Balaban J connectivity index is 1.18. The first-order chi connectivity index (χ1) is 17.4. The summed E-state index contributed by atoms with van der Waals surface area (Å²) in [5.74, 6) is 0.578. The van der Waals surface area contributed by atoms with Crippen molar-refractivity contribution in [1.82, 2.24) is 14.9 Å². The van der Waals surface area contributed by atoms with E-state index in [1.165, 1.54) is 34.5 Å². The maximum Gasteiger partial charge on any atom is 0.414 e. The zero-order valence-electron chi connectivity index (χ0n) is 19.4. The van der Waals surface area contributed by atoms with E-state index >= 15 is 0 Å². The third-order valence-corrected chi connectivity index (χ3v) is 7.00. The van der Waals surface area contributed by atoms with Gasteiger partial charge in [-0.2, -0.15) is 0 Å². The van der Waals surface area contributed by atoms with Crippen molar-refractivity contribution >= 4 is 52.1 Å². The Labute approximate surface area is 209 Å². The Bertz CT molecular complexity index is 1420. The predicted octanol–water partition coefficient (Wildman–Crippen LogP) is 1.98. The van der Waals surface area contributed by atoms with Gasteiger partial charge in [-0.3, -0.25) is 19.3 Å². The van der Waals surface area contributed by atoms with Crippen molar-refractivity contribution in [3.05, 3.63) is 52.9 Å². The van der Waals surface area contributed by atoms with Crippen LogP contribution in [0.5, 0.6) is 5.75 Å². The number of thioether (sulfide) groups is 1. The summed E-state index contributed by atoms with van der Waals surface area (Å²) in [7, 11) is 1.53. The Kier molecular flexibility index (Phi) is 6.51. The molecule has 0 saturated carbocycles. The average Bonchev–Trinajstić information content (AvgIpc) is 3.26. The summed E-state index contributed by atoms with van der Waals surface area (Å²) >= 11 is 1.44. The highest BCUT2D eigenvalue weighted by Gasteiger charge is 2.33. The Morgan fingerprint density at radius 1 is 1.25 bits per heavy atom. The van der Waals surface area contributed by atoms with E-state index in [-0.39, 0.29) is 43.4 Å². The predicted molar refractivity (Wildman–Crippen MR) is 134 cm³/mol. The van der Waals surface area contributed by atoms with E-state index in [0.717, 1.165) is 4.90 Å². The first-order valence-corrected chi connectivity index (χ1v) is 12.2. The van der Waals surface area contributed by atoms with Crippen molar-refractivity contribution in [3.63, 3.8) is 0 Å². The topological polar surface area (TPSA) is 132 Å². The third-order valence-electron chi connectivity index (χ3n) is 5.92. The number of nitrogens with zero attached hydrogens (tertiary/aromatic N) is 3. The molecule has 5 rings (SSSR count). The number of benzene rings is 2. The second-order valence-corrected chi connectivity index (χ2v) is 9.31. The monoisotopic (exact) mass is 509 g/mol. The number of fused-ring (bicyclic) bond motifs is 2. The fourth-order valence-corrected chi connectivity index (χ4v) is 4.89. The number of aryl methyl sites for hydroxylation is 1. The van der Waals surface area contributed by atoms with Gasteiger partial charge in [0.1, 0.15) is 11.9 Å². The normalized spacial score (nSPS) is 16.9. The largest absolute Gasteiger partial charge is 0.497 e. The van der Waals surface area contributed by atoms with E-state index in [2.05, 4.69) is 15.6 Å². The van der Waals surface area contributed by atoms with Crippen LogP contribution in [0, 0.1) is 0 Å². The summed E-state index contributed by atoms with van der Waals surface area (Å²) in [6.45, 7) is 0.554. The number of cyclic esters (lactones) is 1. The molecule has 2 aliphatic rings. The van der Waals surface area contributed by atoms with Gasteiger partial charge in [-0.15, -0.1) is 11.8 Å². The summed E-state index contributed by atoms with van der Waals surface area (Å²) in [5.41, 5.74) is 2.15. The van der Waals surface area contributed by atoms with Gasteiger partial charge in [0.25, 0.3) is 5.56 Å². The molecule has 2 aromatic carbocycles. The Morgan fingerprint density at radius 3 is 2.94 bits per heavy atom. The van der Waals surface area contributed by atoms with Crippen molar-refractivity contribution in [2.24, 2.45) is 0 Å². The molecule has 1 unspecified atom stereocenters. The number of ether oxygens (including phenoxy) is 2. The van der Waals surface area contributed by atoms with Gasteiger partial charge in [-0.25, -0.2) is 9.78 Å². The van der Waals surface area contributed by atoms with Crippen molar-refractivity contribution in [1.29, 1.82) is 0 Å². The fraction of sp³-hybridized carbons (Fsp3) is 0.292. The number of anilines is 2. The van der Waals surface area contributed by atoms with E-state index in [9.17, 15) is 19.2 Å². The number of carbonyl (C=O) groups excluding carboxylic acids is 3. The Hall–Kier alpha value is -4.06. The highest BCUT2D eigenvalue weighted by Crippen LogP contribution is 2.35. The van der Waals surface area contributed by atoms with Crippen molar-refractivity contribution < 1.29 is 23.9 Å². The van der Waals surface area contributed by atoms with Crippen LogP contribution in [0.15, 0.2) is 52.3 Å². The lowest BCUT2D eigenvalue weighted by Crippen LogP contribution is -2.35. The summed E-state index contributed by atoms with van der Waals surface area (Å²) in [6.07, 6.45) is 0.232. The third kappa shape index (κ3) is 4.85. The van der Waals surface area contributed by atoms with Gasteiger partial charge in [0.15, 0.2) is 0 Å². The van der Waals surface area contributed by atoms with E-state index in [4.69, 9.17) is 9.47 Å². The number of aromatic nitrogens is 2. The molecule has 3 amide bonds. The fourth-order valence-electron chi connectivity index (χ4n) is 4.11. The lowest BCUT2D eigenvalue weighted by molar-refractivity contribution is -0.121. The number of amides is 3. The van der Waals surface area contributed by atoms with Crippen molar-refractivity contribution in [3.8, 4) is 5.75 Å². The number of methoxy groups -OCH3 is 1. The summed E-state index contributed by atoms with van der Waals surface area (Å²) in [5, 5.41) is 5.58. The zero-order chi connectivity index (χ0) is 25.2. The number of hydrogen-bond acceptors (Lipinski definition) is 8. The molecule has 2 N–H and O–H groups in total. The Morgan fingerprint density at radius 2 is 2.11 bits per heavy atom. The standard InChI is InChI=1S/C24H23N5O6S/c1-34-15-3-4-17-19(9-15)28(23(32)11-25-17)7-6-21(30)26-10-16-12-29(24(33)35-16)14-2-5-20-18(8-14)27-22(31)13-36-20/h2-5,8-9,11,16H,6-7,10,12-13H2,1H3,(H,26,30)(H,27,31). The maximum absolute atomic E-state index is 12.5.